The lowest BCUT2D eigenvalue weighted by atomic mass is 9.90. The molecule has 1 aliphatic heterocycles. The third kappa shape index (κ3) is 3.83. The SMILES string of the molecule is c1cc2c(cc1CCCN1CCCNCC1)CCCC2. The van der Waals surface area contributed by atoms with E-state index in [0.29, 0.717) is 0 Å². The highest BCUT2D eigenvalue weighted by Gasteiger charge is 2.10. The Balaban J connectivity index is 1.48. The van der Waals surface area contributed by atoms with Gasteiger partial charge in [0, 0.05) is 13.1 Å². The van der Waals surface area contributed by atoms with E-state index in [-0.39, 0.29) is 0 Å². The molecule has 0 saturated carbocycles. The lowest BCUT2D eigenvalue weighted by Crippen LogP contribution is -2.29. The third-order valence-electron chi connectivity index (χ3n) is 4.79. The first-order chi connectivity index (χ1) is 9.92. The van der Waals surface area contributed by atoms with Gasteiger partial charge in [-0.05, 0) is 81.3 Å². The molecule has 0 amide bonds. The molecule has 20 heavy (non-hydrogen) atoms. The molecule has 0 unspecified atom stereocenters. The summed E-state index contributed by atoms with van der Waals surface area (Å²) in [5, 5.41) is 3.48. The van der Waals surface area contributed by atoms with Crippen LogP contribution >= 0.6 is 0 Å². The van der Waals surface area contributed by atoms with Crippen LogP contribution in [0.3, 0.4) is 0 Å². The fraction of sp³-hybridized carbons (Fsp3) is 0.667. The molecule has 1 fully saturated rings. The number of nitrogens with one attached hydrogen (secondary N) is 1. The van der Waals surface area contributed by atoms with E-state index in [1.807, 2.05) is 0 Å². The summed E-state index contributed by atoms with van der Waals surface area (Å²) < 4.78 is 0. The quantitative estimate of drug-likeness (QED) is 0.906. The molecule has 2 nitrogen and oxygen atoms in total. The first-order valence-corrected chi connectivity index (χ1v) is 8.45. The number of hydrogen-bond donors (Lipinski definition) is 1. The average Bonchev–Trinajstić information content (AvgIpc) is 2.76. The molecule has 1 aromatic rings. The summed E-state index contributed by atoms with van der Waals surface area (Å²) in [7, 11) is 0. The van der Waals surface area contributed by atoms with Gasteiger partial charge in [-0.25, -0.2) is 0 Å². The number of fused-ring (bicyclic) bond motifs is 1. The highest BCUT2D eigenvalue weighted by Crippen LogP contribution is 2.22. The molecule has 0 aromatic heterocycles. The lowest BCUT2D eigenvalue weighted by molar-refractivity contribution is 0.289. The Kier molecular flexibility index (Phi) is 5.10. The number of aryl methyl sites for hydroxylation is 3. The smallest absolute Gasteiger partial charge is 0.0107 e. The van der Waals surface area contributed by atoms with Gasteiger partial charge < -0.3 is 10.2 Å². The maximum atomic E-state index is 3.48. The van der Waals surface area contributed by atoms with Gasteiger partial charge in [-0.1, -0.05) is 18.2 Å². The van der Waals surface area contributed by atoms with Crippen LogP contribution in [0.4, 0.5) is 0 Å². The predicted molar refractivity (Wildman–Crippen MR) is 85.3 cm³/mol. The Morgan fingerprint density at radius 1 is 0.950 bits per heavy atom. The predicted octanol–water partition coefficient (Wildman–Crippen LogP) is 2.79. The van der Waals surface area contributed by atoms with Crippen molar-refractivity contribution in [2.75, 3.05) is 32.7 Å². The van der Waals surface area contributed by atoms with Crippen LogP contribution in [-0.4, -0.2) is 37.6 Å². The van der Waals surface area contributed by atoms with Crippen molar-refractivity contribution in [3.63, 3.8) is 0 Å². The van der Waals surface area contributed by atoms with E-state index in [2.05, 4.69) is 28.4 Å². The van der Waals surface area contributed by atoms with Crippen LogP contribution < -0.4 is 5.32 Å². The van der Waals surface area contributed by atoms with Gasteiger partial charge in [0.05, 0.1) is 0 Å². The molecule has 0 spiro atoms. The zero-order valence-corrected chi connectivity index (χ0v) is 12.7. The van der Waals surface area contributed by atoms with E-state index in [1.54, 1.807) is 16.7 Å². The summed E-state index contributed by atoms with van der Waals surface area (Å²) in [6.45, 7) is 6.13. The first-order valence-electron chi connectivity index (χ1n) is 8.45. The van der Waals surface area contributed by atoms with Crippen molar-refractivity contribution in [2.24, 2.45) is 0 Å². The van der Waals surface area contributed by atoms with E-state index in [9.17, 15) is 0 Å². The van der Waals surface area contributed by atoms with Crippen molar-refractivity contribution in [2.45, 2.75) is 44.9 Å². The van der Waals surface area contributed by atoms with Crippen LogP contribution in [0.15, 0.2) is 18.2 Å². The molecule has 2 aliphatic rings. The minimum absolute atomic E-state index is 1.17. The van der Waals surface area contributed by atoms with Gasteiger partial charge in [-0.3, -0.25) is 0 Å². The molecular formula is C18H28N2. The Labute approximate surface area is 123 Å². The summed E-state index contributed by atoms with van der Waals surface area (Å²) in [6.07, 6.45) is 9.23. The lowest BCUT2D eigenvalue weighted by Gasteiger charge is -2.20. The third-order valence-corrected chi connectivity index (χ3v) is 4.79. The van der Waals surface area contributed by atoms with Crippen LogP contribution in [0.5, 0.6) is 0 Å². The van der Waals surface area contributed by atoms with E-state index in [1.165, 1.54) is 77.7 Å². The standard InChI is InChI=1S/C18H28N2/c1-2-7-18-15-16(8-9-17(18)6-1)5-3-12-20-13-4-10-19-11-14-20/h8-9,15,19H,1-7,10-14H2. The summed E-state index contributed by atoms with van der Waals surface area (Å²) in [5.74, 6) is 0. The summed E-state index contributed by atoms with van der Waals surface area (Å²) in [6, 6.07) is 7.24. The second kappa shape index (κ2) is 7.24. The van der Waals surface area contributed by atoms with Gasteiger partial charge in [0.25, 0.3) is 0 Å². The zero-order valence-electron chi connectivity index (χ0n) is 12.7. The average molecular weight is 272 g/mol. The van der Waals surface area contributed by atoms with E-state index in [4.69, 9.17) is 0 Å². The maximum Gasteiger partial charge on any atom is 0.0107 e. The maximum absolute atomic E-state index is 3.48. The van der Waals surface area contributed by atoms with Crippen molar-refractivity contribution in [3.05, 3.63) is 34.9 Å². The van der Waals surface area contributed by atoms with Crippen LogP contribution in [0.1, 0.15) is 42.4 Å². The number of hydrogen-bond acceptors (Lipinski definition) is 2. The summed E-state index contributed by atoms with van der Waals surface area (Å²) in [5.41, 5.74) is 4.80. The van der Waals surface area contributed by atoms with Gasteiger partial charge in [0.15, 0.2) is 0 Å². The molecule has 110 valence electrons. The molecular weight excluding hydrogens is 244 g/mol. The van der Waals surface area contributed by atoms with Crippen molar-refractivity contribution in [1.82, 2.24) is 10.2 Å². The highest BCUT2D eigenvalue weighted by atomic mass is 15.1. The van der Waals surface area contributed by atoms with Gasteiger partial charge in [0.2, 0.25) is 0 Å². The molecule has 1 aromatic carbocycles. The molecule has 0 radical (unpaired) electrons. The number of benzene rings is 1. The van der Waals surface area contributed by atoms with Gasteiger partial charge in [0.1, 0.15) is 0 Å². The van der Waals surface area contributed by atoms with Gasteiger partial charge in [-0.15, -0.1) is 0 Å². The Morgan fingerprint density at radius 3 is 2.80 bits per heavy atom. The minimum Gasteiger partial charge on any atom is -0.315 e. The Bertz CT molecular complexity index is 419. The van der Waals surface area contributed by atoms with E-state index >= 15 is 0 Å². The normalized spacial score (nSPS) is 20.4. The van der Waals surface area contributed by atoms with E-state index in [0.717, 1.165) is 0 Å². The Hall–Kier alpha value is -0.860. The van der Waals surface area contributed by atoms with Crippen LogP contribution in [0.2, 0.25) is 0 Å². The first kappa shape index (κ1) is 14.1. The second-order valence-electron chi connectivity index (χ2n) is 6.36. The minimum atomic E-state index is 1.17. The molecule has 1 aliphatic carbocycles. The number of nitrogens with zero attached hydrogens (tertiary/aromatic N) is 1. The zero-order chi connectivity index (χ0) is 13.6. The molecule has 3 rings (SSSR count). The van der Waals surface area contributed by atoms with Crippen molar-refractivity contribution in [1.29, 1.82) is 0 Å². The van der Waals surface area contributed by atoms with Crippen molar-refractivity contribution < 1.29 is 0 Å². The molecule has 2 heteroatoms. The molecule has 0 atom stereocenters. The van der Waals surface area contributed by atoms with E-state index < -0.39 is 0 Å². The highest BCUT2D eigenvalue weighted by molar-refractivity contribution is 5.33. The topological polar surface area (TPSA) is 15.3 Å². The molecule has 1 heterocycles. The molecule has 0 bridgehead atoms. The summed E-state index contributed by atoms with van der Waals surface area (Å²) in [4.78, 5) is 2.62. The Morgan fingerprint density at radius 2 is 1.85 bits per heavy atom. The largest absolute Gasteiger partial charge is 0.315 e. The second-order valence-corrected chi connectivity index (χ2v) is 6.36. The fourth-order valence-corrected chi connectivity index (χ4v) is 3.57. The van der Waals surface area contributed by atoms with Crippen LogP contribution in [-0.2, 0) is 19.3 Å². The van der Waals surface area contributed by atoms with Gasteiger partial charge in [-0.2, -0.15) is 0 Å². The summed E-state index contributed by atoms with van der Waals surface area (Å²) >= 11 is 0. The van der Waals surface area contributed by atoms with Crippen molar-refractivity contribution in [3.8, 4) is 0 Å². The van der Waals surface area contributed by atoms with Crippen molar-refractivity contribution >= 4 is 0 Å². The van der Waals surface area contributed by atoms with Crippen LogP contribution in [0, 0.1) is 0 Å². The van der Waals surface area contributed by atoms with Crippen LogP contribution in [0.25, 0.3) is 0 Å². The monoisotopic (exact) mass is 272 g/mol. The molecule has 1 saturated heterocycles. The number of rotatable bonds is 4. The van der Waals surface area contributed by atoms with Gasteiger partial charge >= 0.3 is 0 Å². The fourth-order valence-electron chi connectivity index (χ4n) is 3.57. The molecule has 1 N–H and O–H groups in total.